The molecule has 0 aliphatic carbocycles. The van der Waals surface area contributed by atoms with Crippen molar-refractivity contribution in [3.8, 4) is 0 Å². The van der Waals surface area contributed by atoms with Crippen molar-refractivity contribution in [1.82, 2.24) is 5.32 Å². The molecule has 0 spiro atoms. The third-order valence-electron chi connectivity index (χ3n) is 3.64. The molecule has 8 heteroatoms. The molecule has 0 saturated carbocycles. The molecule has 7 nitrogen and oxygen atoms in total. The SMILES string of the molecule is CC(C)(C)OC(=O)N[C@@H]1CCCN(c2cccc([N+](=O)[O-])c2F)C1. The third-order valence-corrected chi connectivity index (χ3v) is 3.64. The lowest BCUT2D eigenvalue weighted by molar-refractivity contribution is -0.387. The fraction of sp³-hybridized carbons (Fsp3) is 0.562. The lowest BCUT2D eigenvalue weighted by Crippen LogP contribution is -2.49. The van der Waals surface area contributed by atoms with Crippen molar-refractivity contribution in [3.05, 3.63) is 34.1 Å². The van der Waals surface area contributed by atoms with Crippen molar-refractivity contribution >= 4 is 17.5 Å². The van der Waals surface area contributed by atoms with Crippen LogP contribution in [0.3, 0.4) is 0 Å². The quantitative estimate of drug-likeness (QED) is 0.675. The first-order valence-electron chi connectivity index (χ1n) is 7.85. The van der Waals surface area contributed by atoms with Crippen LogP contribution in [0.15, 0.2) is 18.2 Å². The van der Waals surface area contributed by atoms with E-state index >= 15 is 0 Å². The van der Waals surface area contributed by atoms with E-state index in [0.717, 1.165) is 18.9 Å². The van der Waals surface area contributed by atoms with Gasteiger partial charge in [0.2, 0.25) is 5.82 Å². The minimum Gasteiger partial charge on any atom is -0.444 e. The molecule has 0 bridgehead atoms. The van der Waals surface area contributed by atoms with Gasteiger partial charge in [-0.15, -0.1) is 0 Å². The van der Waals surface area contributed by atoms with Gasteiger partial charge in [-0.1, -0.05) is 6.07 Å². The molecule has 1 heterocycles. The second kappa shape index (κ2) is 7.02. The van der Waals surface area contributed by atoms with Gasteiger partial charge in [0, 0.05) is 25.2 Å². The summed E-state index contributed by atoms with van der Waals surface area (Å²) in [5.74, 6) is -0.847. The number of nitro benzene ring substituents is 1. The number of halogens is 1. The summed E-state index contributed by atoms with van der Waals surface area (Å²) in [6, 6.07) is 3.91. The number of amides is 1. The maximum atomic E-state index is 14.3. The van der Waals surface area contributed by atoms with Gasteiger partial charge in [0.15, 0.2) is 0 Å². The van der Waals surface area contributed by atoms with E-state index in [1.807, 2.05) is 0 Å². The van der Waals surface area contributed by atoms with Crippen molar-refractivity contribution in [3.63, 3.8) is 0 Å². The van der Waals surface area contributed by atoms with E-state index in [-0.39, 0.29) is 11.7 Å². The topological polar surface area (TPSA) is 84.7 Å². The van der Waals surface area contributed by atoms with E-state index in [1.54, 1.807) is 25.7 Å². The maximum Gasteiger partial charge on any atom is 0.407 e. The zero-order valence-corrected chi connectivity index (χ0v) is 14.0. The van der Waals surface area contributed by atoms with Crippen LogP contribution in [0.5, 0.6) is 0 Å². The molecule has 1 atom stereocenters. The molecule has 1 fully saturated rings. The van der Waals surface area contributed by atoms with Crippen LogP contribution in [0, 0.1) is 15.9 Å². The Bertz CT molecular complexity index is 630. The molecule has 24 heavy (non-hydrogen) atoms. The summed E-state index contributed by atoms with van der Waals surface area (Å²) < 4.78 is 19.5. The molecule has 1 N–H and O–H groups in total. The number of alkyl carbamates (subject to hydrolysis) is 1. The Labute approximate surface area is 139 Å². The summed E-state index contributed by atoms with van der Waals surface area (Å²) in [5.41, 5.74) is -0.959. The predicted molar refractivity (Wildman–Crippen MR) is 87.7 cm³/mol. The van der Waals surface area contributed by atoms with Crippen molar-refractivity contribution in [2.24, 2.45) is 0 Å². The zero-order chi connectivity index (χ0) is 17.9. The van der Waals surface area contributed by atoms with Crippen LogP contribution in [-0.2, 0) is 4.74 Å². The smallest absolute Gasteiger partial charge is 0.407 e. The van der Waals surface area contributed by atoms with Crippen molar-refractivity contribution in [2.45, 2.75) is 45.3 Å². The van der Waals surface area contributed by atoms with Crippen LogP contribution >= 0.6 is 0 Å². The van der Waals surface area contributed by atoms with E-state index in [9.17, 15) is 19.3 Å². The summed E-state index contributed by atoms with van der Waals surface area (Å²) >= 11 is 0. The van der Waals surface area contributed by atoms with E-state index in [4.69, 9.17) is 4.74 Å². The molecule has 1 aromatic carbocycles. The number of piperidine rings is 1. The van der Waals surface area contributed by atoms with Gasteiger partial charge in [-0.2, -0.15) is 4.39 Å². The van der Waals surface area contributed by atoms with Crippen LogP contribution in [-0.4, -0.2) is 35.7 Å². The molecule has 132 valence electrons. The molecule has 0 radical (unpaired) electrons. The first-order valence-corrected chi connectivity index (χ1v) is 7.85. The van der Waals surface area contributed by atoms with E-state index in [0.29, 0.717) is 13.1 Å². The lowest BCUT2D eigenvalue weighted by Gasteiger charge is -2.35. The first kappa shape index (κ1) is 18.0. The summed E-state index contributed by atoms with van der Waals surface area (Å²) in [6.07, 6.45) is 0.961. The van der Waals surface area contributed by atoms with Gasteiger partial charge < -0.3 is 15.0 Å². The number of carbonyl (C=O) groups excluding carboxylic acids is 1. The fourth-order valence-electron chi connectivity index (χ4n) is 2.68. The Morgan fingerprint density at radius 2 is 2.17 bits per heavy atom. The van der Waals surface area contributed by atoms with Gasteiger partial charge in [-0.25, -0.2) is 4.79 Å². The second-order valence-corrected chi connectivity index (χ2v) is 6.80. The third kappa shape index (κ3) is 4.56. The van der Waals surface area contributed by atoms with Crippen LogP contribution in [0.1, 0.15) is 33.6 Å². The average Bonchev–Trinajstić information content (AvgIpc) is 2.45. The highest BCUT2D eigenvalue weighted by Crippen LogP contribution is 2.29. The molecule has 0 aromatic heterocycles. The van der Waals surface area contributed by atoms with E-state index < -0.39 is 28.1 Å². The molecule has 1 aliphatic rings. The maximum absolute atomic E-state index is 14.3. The number of nitro groups is 1. The van der Waals surface area contributed by atoms with Crippen LogP contribution in [0.25, 0.3) is 0 Å². The highest BCUT2D eigenvalue weighted by molar-refractivity contribution is 5.68. The molecule has 1 aliphatic heterocycles. The van der Waals surface area contributed by atoms with Crippen LogP contribution in [0.4, 0.5) is 20.6 Å². The first-order chi connectivity index (χ1) is 11.2. The largest absolute Gasteiger partial charge is 0.444 e. The van der Waals surface area contributed by atoms with Crippen molar-refractivity contribution < 1.29 is 18.8 Å². The predicted octanol–water partition coefficient (Wildman–Crippen LogP) is 3.23. The van der Waals surface area contributed by atoms with E-state index in [2.05, 4.69) is 5.32 Å². The van der Waals surface area contributed by atoms with Crippen LogP contribution < -0.4 is 10.2 Å². The average molecular weight is 339 g/mol. The second-order valence-electron chi connectivity index (χ2n) is 6.80. The molecule has 2 rings (SSSR count). The van der Waals surface area contributed by atoms with E-state index in [1.165, 1.54) is 12.1 Å². The molecule has 1 saturated heterocycles. The summed E-state index contributed by atoms with van der Waals surface area (Å²) in [4.78, 5) is 23.7. The monoisotopic (exact) mass is 339 g/mol. The van der Waals surface area contributed by atoms with Gasteiger partial charge in [-0.05, 0) is 39.7 Å². The Kier molecular flexibility index (Phi) is 5.26. The van der Waals surface area contributed by atoms with Crippen LogP contribution in [0.2, 0.25) is 0 Å². The minimum atomic E-state index is -0.847. The zero-order valence-electron chi connectivity index (χ0n) is 14.0. The van der Waals surface area contributed by atoms with Gasteiger partial charge in [0.25, 0.3) is 0 Å². The normalized spacial score (nSPS) is 18.2. The summed E-state index contributed by atoms with van der Waals surface area (Å²) in [7, 11) is 0. The molecular weight excluding hydrogens is 317 g/mol. The number of benzene rings is 1. The number of anilines is 1. The van der Waals surface area contributed by atoms with Gasteiger partial charge in [-0.3, -0.25) is 10.1 Å². The highest BCUT2D eigenvalue weighted by Gasteiger charge is 2.27. The number of nitrogens with zero attached hydrogens (tertiary/aromatic N) is 2. The lowest BCUT2D eigenvalue weighted by atomic mass is 10.0. The van der Waals surface area contributed by atoms with Crippen molar-refractivity contribution in [1.29, 1.82) is 0 Å². The number of hydrogen-bond acceptors (Lipinski definition) is 5. The Morgan fingerprint density at radius 3 is 2.79 bits per heavy atom. The number of ether oxygens (including phenoxy) is 1. The molecule has 1 aromatic rings. The number of carbonyl (C=O) groups is 1. The minimum absolute atomic E-state index is 0.180. The van der Waals surface area contributed by atoms with Gasteiger partial charge in [0.1, 0.15) is 5.60 Å². The van der Waals surface area contributed by atoms with Crippen molar-refractivity contribution in [2.75, 3.05) is 18.0 Å². The standard InChI is InChI=1S/C16H22FN3O4/c1-16(2,3)24-15(21)18-11-6-5-9-19(10-11)12-7-4-8-13(14(12)17)20(22)23/h4,7-8,11H,5-6,9-10H2,1-3H3,(H,18,21)/t11-/m1/s1. The molecular formula is C16H22FN3O4. The molecule has 0 unspecified atom stereocenters. The van der Waals surface area contributed by atoms with Gasteiger partial charge >= 0.3 is 11.8 Å². The number of rotatable bonds is 3. The number of hydrogen-bond donors (Lipinski definition) is 1. The Morgan fingerprint density at radius 1 is 1.46 bits per heavy atom. The fourth-order valence-corrected chi connectivity index (χ4v) is 2.68. The van der Waals surface area contributed by atoms with Gasteiger partial charge in [0.05, 0.1) is 10.6 Å². The number of nitrogens with one attached hydrogen (secondary N) is 1. The summed E-state index contributed by atoms with van der Waals surface area (Å²) in [6.45, 7) is 6.27. The highest BCUT2D eigenvalue weighted by atomic mass is 19.1. The molecule has 1 amide bonds. The Hall–Kier alpha value is -2.38. The summed E-state index contributed by atoms with van der Waals surface area (Å²) in [5, 5.41) is 13.6. The Balaban J connectivity index is 2.07.